The van der Waals surface area contributed by atoms with Crippen LogP contribution >= 0.6 is 0 Å². The molecule has 2 saturated carbocycles. The Balaban J connectivity index is 1.91. The van der Waals surface area contributed by atoms with Crippen LogP contribution in [0.25, 0.3) is 0 Å². The Kier molecular flexibility index (Phi) is 4.61. The summed E-state index contributed by atoms with van der Waals surface area (Å²) in [5.74, 6) is 0.537. The Labute approximate surface area is 144 Å². The molecule has 2 aliphatic carbocycles. The summed E-state index contributed by atoms with van der Waals surface area (Å²) < 4.78 is 5.19. The van der Waals surface area contributed by atoms with Gasteiger partial charge in [-0.3, -0.25) is 0 Å². The summed E-state index contributed by atoms with van der Waals surface area (Å²) in [4.78, 5) is 0. The maximum absolute atomic E-state index is 11.1. The molecule has 0 aliphatic heterocycles. The molecular weight excluding hydrogens is 304 g/mol. The predicted molar refractivity (Wildman–Crippen MR) is 92.4 cm³/mol. The monoisotopic (exact) mass is 336 g/mol. The fraction of sp³-hybridized carbons (Fsp3) is 0.800. The number of aryl methyl sites for hydroxylation is 1. The first kappa shape index (κ1) is 18.0. The third kappa shape index (κ3) is 2.54. The van der Waals surface area contributed by atoms with Crippen molar-refractivity contribution < 1.29 is 19.7 Å². The fourth-order valence-electron chi connectivity index (χ4n) is 5.76. The highest BCUT2D eigenvalue weighted by Gasteiger charge is 2.63. The van der Waals surface area contributed by atoms with Gasteiger partial charge in [-0.15, -0.1) is 0 Å². The van der Waals surface area contributed by atoms with E-state index in [9.17, 15) is 15.3 Å². The Morgan fingerprint density at radius 3 is 2.58 bits per heavy atom. The van der Waals surface area contributed by atoms with Crippen LogP contribution in [0.1, 0.15) is 58.4 Å². The van der Waals surface area contributed by atoms with Gasteiger partial charge in [0.05, 0.1) is 24.2 Å². The zero-order chi connectivity index (χ0) is 17.6. The molecule has 136 valence electrons. The molecule has 3 N–H and O–H groups in total. The summed E-state index contributed by atoms with van der Waals surface area (Å²) in [6.07, 6.45) is 8.00. The molecule has 0 saturated heterocycles. The summed E-state index contributed by atoms with van der Waals surface area (Å²) in [5, 5.41) is 31.5. The molecular formula is C20H32O4. The first-order chi connectivity index (χ1) is 11.3. The SMILES string of the molecule is C[C@]1(CCc2ccoc2)[C@H](CO)CC[C@]2(C)[C@@H]1CC[C@@H](O)[C@]2(C)O. The summed E-state index contributed by atoms with van der Waals surface area (Å²) >= 11 is 0. The quantitative estimate of drug-likeness (QED) is 0.790. The van der Waals surface area contributed by atoms with Gasteiger partial charge in [-0.2, -0.15) is 0 Å². The fourth-order valence-corrected chi connectivity index (χ4v) is 5.76. The lowest BCUT2D eigenvalue weighted by atomic mass is 9.43. The zero-order valence-electron chi connectivity index (χ0n) is 15.2. The molecule has 3 rings (SSSR count). The number of furan rings is 1. The van der Waals surface area contributed by atoms with Crippen LogP contribution in [0.4, 0.5) is 0 Å². The molecule has 4 nitrogen and oxygen atoms in total. The van der Waals surface area contributed by atoms with E-state index in [2.05, 4.69) is 13.8 Å². The molecule has 24 heavy (non-hydrogen) atoms. The van der Waals surface area contributed by atoms with E-state index >= 15 is 0 Å². The van der Waals surface area contributed by atoms with Gasteiger partial charge in [-0.1, -0.05) is 13.8 Å². The Hall–Kier alpha value is -0.840. The highest BCUT2D eigenvalue weighted by atomic mass is 16.3. The lowest BCUT2D eigenvalue weighted by Gasteiger charge is -2.64. The largest absolute Gasteiger partial charge is 0.472 e. The lowest BCUT2D eigenvalue weighted by molar-refractivity contribution is -0.239. The standard InChI is InChI=1S/C20H32O4/c1-18(9-6-14-8-11-24-13-14)15(12-21)7-10-19(2)16(18)4-5-17(22)20(19,3)23/h8,11,13,15-17,21-23H,4-7,9-10,12H2,1-3H3/t15-,16+,17+,18-,19+,20-/m0/s1. The van der Waals surface area contributed by atoms with E-state index in [4.69, 9.17) is 4.42 Å². The molecule has 0 radical (unpaired) electrons. The van der Waals surface area contributed by atoms with Crippen molar-refractivity contribution in [3.63, 3.8) is 0 Å². The highest BCUT2D eigenvalue weighted by Crippen LogP contribution is 2.64. The maximum atomic E-state index is 11.1. The number of fused-ring (bicyclic) bond motifs is 1. The van der Waals surface area contributed by atoms with E-state index in [1.807, 2.05) is 6.07 Å². The third-order valence-corrected chi connectivity index (χ3v) is 7.80. The zero-order valence-corrected chi connectivity index (χ0v) is 15.2. The van der Waals surface area contributed by atoms with Gasteiger partial charge < -0.3 is 19.7 Å². The molecule has 4 heteroatoms. The second-order valence-electron chi connectivity index (χ2n) is 8.77. The van der Waals surface area contributed by atoms with Crippen molar-refractivity contribution >= 4 is 0 Å². The highest BCUT2D eigenvalue weighted by molar-refractivity contribution is 5.14. The topological polar surface area (TPSA) is 73.8 Å². The van der Waals surface area contributed by atoms with Gasteiger partial charge in [-0.25, -0.2) is 0 Å². The minimum atomic E-state index is -1.08. The molecule has 0 spiro atoms. The summed E-state index contributed by atoms with van der Waals surface area (Å²) in [6.45, 7) is 6.42. The van der Waals surface area contributed by atoms with Crippen LogP contribution in [0, 0.1) is 22.7 Å². The van der Waals surface area contributed by atoms with Crippen molar-refractivity contribution in [1.82, 2.24) is 0 Å². The van der Waals surface area contributed by atoms with Crippen LogP contribution < -0.4 is 0 Å². The Morgan fingerprint density at radius 2 is 1.96 bits per heavy atom. The molecule has 1 aromatic heterocycles. The van der Waals surface area contributed by atoms with E-state index in [0.29, 0.717) is 12.3 Å². The molecule has 0 aromatic carbocycles. The second kappa shape index (κ2) is 6.15. The van der Waals surface area contributed by atoms with E-state index in [1.54, 1.807) is 19.5 Å². The normalized spacial score (nSPS) is 45.8. The second-order valence-corrected chi connectivity index (χ2v) is 8.77. The van der Waals surface area contributed by atoms with E-state index in [0.717, 1.165) is 32.1 Å². The smallest absolute Gasteiger partial charge is 0.0934 e. The van der Waals surface area contributed by atoms with Gasteiger partial charge in [-0.05, 0) is 74.3 Å². The van der Waals surface area contributed by atoms with Crippen molar-refractivity contribution in [2.75, 3.05) is 6.61 Å². The number of hydrogen-bond acceptors (Lipinski definition) is 4. The van der Waals surface area contributed by atoms with Crippen LogP contribution in [0.5, 0.6) is 0 Å². The van der Waals surface area contributed by atoms with Crippen molar-refractivity contribution in [3.8, 4) is 0 Å². The Morgan fingerprint density at radius 1 is 1.21 bits per heavy atom. The minimum Gasteiger partial charge on any atom is -0.472 e. The number of rotatable bonds is 4. The van der Waals surface area contributed by atoms with Gasteiger partial charge in [0.2, 0.25) is 0 Å². The van der Waals surface area contributed by atoms with Crippen LogP contribution in [0.15, 0.2) is 23.0 Å². The number of aliphatic hydroxyl groups is 3. The van der Waals surface area contributed by atoms with Gasteiger partial charge in [0.15, 0.2) is 0 Å². The van der Waals surface area contributed by atoms with Crippen molar-refractivity contribution in [1.29, 1.82) is 0 Å². The third-order valence-electron chi connectivity index (χ3n) is 7.80. The van der Waals surface area contributed by atoms with E-state index in [-0.39, 0.29) is 23.4 Å². The van der Waals surface area contributed by atoms with Gasteiger partial charge in [0.1, 0.15) is 0 Å². The van der Waals surface area contributed by atoms with Crippen LogP contribution in [0.3, 0.4) is 0 Å². The maximum Gasteiger partial charge on any atom is 0.0934 e. The Bertz CT molecular complexity index is 552. The predicted octanol–water partition coefficient (Wildman–Crippen LogP) is 3.15. The van der Waals surface area contributed by atoms with Gasteiger partial charge in [0.25, 0.3) is 0 Å². The first-order valence-electron chi connectivity index (χ1n) is 9.28. The molecule has 0 unspecified atom stereocenters. The molecule has 2 aliphatic rings. The van der Waals surface area contributed by atoms with Crippen LogP contribution in [-0.2, 0) is 6.42 Å². The molecule has 1 heterocycles. The molecule has 0 amide bonds. The molecule has 0 bridgehead atoms. The van der Waals surface area contributed by atoms with Crippen molar-refractivity contribution in [3.05, 3.63) is 24.2 Å². The molecule has 2 fully saturated rings. The number of hydrogen-bond donors (Lipinski definition) is 3. The first-order valence-corrected chi connectivity index (χ1v) is 9.28. The summed E-state index contributed by atoms with van der Waals surface area (Å²) in [5.41, 5.74) is -0.263. The number of aliphatic hydroxyl groups excluding tert-OH is 2. The van der Waals surface area contributed by atoms with Crippen molar-refractivity contribution in [2.45, 2.75) is 71.0 Å². The lowest BCUT2D eigenvalue weighted by Crippen LogP contribution is -2.65. The van der Waals surface area contributed by atoms with Gasteiger partial charge in [0, 0.05) is 12.0 Å². The average Bonchev–Trinajstić information content (AvgIpc) is 3.05. The van der Waals surface area contributed by atoms with E-state index < -0.39 is 11.7 Å². The minimum absolute atomic E-state index is 0.0524. The van der Waals surface area contributed by atoms with Crippen LogP contribution in [-0.4, -0.2) is 33.6 Å². The van der Waals surface area contributed by atoms with Gasteiger partial charge >= 0.3 is 0 Å². The van der Waals surface area contributed by atoms with Crippen molar-refractivity contribution in [2.24, 2.45) is 22.7 Å². The summed E-state index contributed by atoms with van der Waals surface area (Å²) in [6, 6.07) is 2.00. The van der Waals surface area contributed by atoms with Crippen LogP contribution in [0.2, 0.25) is 0 Å². The molecule has 6 atom stereocenters. The molecule has 1 aromatic rings. The van der Waals surface area contributed by atoms with E-state index in [1.165, 1.54) is 5.56 Å². The summed E-state index contributed by atoms with van der Waals surface area (Å²) in [7, 11) is 0. The average molecular weight is 336 g/mol.